The minimum Gasteiger partial charge on any atom is -0.478 e. The third-order valence-corrected chi connectivity index (χ3v) is 3.52. The van der Waals surface area contributed by atoms with Crippen LogP contribution in [0.25, 0.3) is 0 Å². The molecular weight excluding hydrogens is 381 g/mol. The summed E-state index contributed by atoms with van der Waals surface area (Å²) in [4.78, 5) is 11.1. The van der Waals surface area contributed by atoms with E-state index in [1.807, 2.05) is 0 Å². The van der Waals surface area contributed by atoms with Crippen molar-refractivity contribution in [2.75, 3.05) is 0 Å². The Morgan fingerprint density at radius 3 is 2.20 bits per heavy atom. The average molecular weight is 390 g/mol. The summed E-state index contributed by atoms with van der Waals surface area (Å²) < 4.78 is 27.3. The summed E-state index contributed by atoms with van der Waals surface area (Å²) in [6, 6.07) is 7.92. The lowest BCUT2D eigenvalue weighted by molar-refractivity contribution is 0.0690. The van der Waals surface area contributed by atoms with Crippen LogP contribution in [0.3, 0.4) is 0 Å². The Morgan fingerprint density at radius 2 is 1.65 bits per heavy atom. The second-order valence-corrected chi connectivity index (χ2v) is 5.36. The van der Waals surface area contributed by atoms with Gasteiger partial charge >= 0.3 is 5.97 Å². The molecule has 0 bridgehead atoms. The number of aromatic carboxylic acids is 1. The van der Waals surface area contributed by atoms with Crippen LogP contribution >= 0.6 is 22.6 Å². The lowest BCUT2D eigenvalue weighted by atomic mass is 9.96. The fourth-order valence-corrected chi connectivity index (χ4v) is 2.16. The number of hydrogen-bond donors (Lipinski definition) is 2. The standard InChI is InChI=1S/C14H9F2IO3/c15-11-5-9(10(14(19)20)6-12(11)16)13(18)7-1-3-8(17)4-2-7/h1-6,13,18H,(H,19,20). The number of aliphatic hydroxyl groups excluding tert-OH is 1. The van der Waals surface area contributed by atoms with Gasteiger partial charge in [0.05, 0.1) is 5.56 Å². The summed E-state index contributed by atoms with van der Waals surface area (Å²) in [6.07, 6.45) is -1.34. The minimum atomic E-state index is -1.43. The molecule has 1 atom stereocenters. The van der Waals surface area contributed by atoms with Crippen molar-refractivity contribution in [3.05, 3.63) is 68.3 Å². The normalized spacial score (nSPS) is 12.2. The van der Waals surface area contributed by atoms with E-state index >= 15 is 0 Å². The first-order valence-electron chi connectivity index (χ1n) is 5.56. The molecule has 3 nitrogen and oxygen atoms in total. The molecule has 0 aliphatic rings. The fraction of sp³-hybridized carbons (Fsp3) is 0.0714. The summed E-state index contributed by atoms with van der Waals surface area (Å²) in [5.74, 6) is -3.89. The van der Waals surface area contributed by atoms with E-state index < -0.39 is 29.3 Å². The molecule has 2 N–H and O–H groups in total. The van der Waals surface area contributed by atoms with Crippen molar-refractivity contribution in [2.45, 2.75) is 6.10 Å². The highest BCUT2D eigenvalue weighted by molar-refractivity contribution is 14.1. The first kappa shape index (κ1) is 14.9. The predicted molar refractivity (Wildman–Crippen MR) is 76.5 cm³/mol. The van der Waals surface area contributed by atoms with Crippen molar-refractivity contribution in [3.63, 3.8) is 0 Å². The second kappa shape index (κ2) is 5.84. The summed E-state index contributed by atoms with van der Waals surface area (Å²) in [6.45, 7) is 0. The molecule has 20 heavy (non-hydrogen) atoms. The van der Waals surface area contributed by atoms with E-state index in [0.717, 1.165) is 3.57 Å². The number of hydrogen-bond acceptors (Lipinski definition) is 2. The van der Waals surface area contributed by atoms with Gasteiger partial charge in [-0.2, -0.15) is 0 Å². The molecule has 2 rings (SSSR count). The largest absolute Gasteiger partial charge is 0.478 e. The molecule has 6 heteroatoms. The van der Waals surface area contributed by atoms with E-state index in [4.69, 9.17) is 5.11 Å². The van der Waals surface area contributed by atoms with Gasteiger partial charge in [-0.3, -0.25) is 0 Å². The number of carboxylic acid groups (broad SMARTS) is 1. The lowest BCUT2D eigenvalue weighted by Gasteiger charge is -2.14. The van der Waals surface area contributed by atoms with Crippen molar-refractivity contribution in [2.24, 2.45) is 0 Å². The molecule has 0 spiro atoms. The first-order valence-corrected chi connectivity index (χ1v) is 6.64. The Bertz CT molecular complexity index is 656. The van der Waals surface area contributed by atoms with Crippen LogP contribution in [-0.4, -0.2) is 16.2 Å². The maximum absolute atomic E-state index is 13.3. The molecule has 0 amide bonds. The zero-order chi connectivity index (χ0) is 14.9. The van der Waals surface area contributed by atoms with Gasteiger partial charge in [-0.15, -0.1) is 0 Å². The van der Waals surface area contributed by atoms with Crippen LogP contribution in [0.15, 0.2) is 36.4 Å². The smallest absolute Gasteiger partial charge is 0.336 e. The number of carbonyl (C=O) groups is 1. The summed E-state index contributed by atoms with van der Waals surface area (Å²) in [7, 11) is 0. The number of carboxylic acids is 1. The van der Waals surface area contributed by atoms with Gasteiger partial charge in [0.15, 0.2) is 11.6 Å². The van der Waals surface area contributed by atoms with Crippen molar-refractivity contribution >= 4 is 28.6 Å². The summed E-state index contributed by atoms with van der Waals surface area (Å²) in [5, 5.41) is 19.2. The zero-order valence-corrected chi connectivity index (χ0v) is 12.1. The summed E-state index contributed by atoms with van der Waals surface area (Å²) in [5.41, 5.74) is -0.244. The van der Waals surface area contributed by atoms with Crippen LogP contribution in [0.4, 0.5) is 8.78 Å². The van der Waals surface area contributed by atoms with E-state index in [-0.39, 0.29) is 5.56 Å². The Kier molecular flexibility index (Phi) is 4.34. The van der Waals surface area contributed by atoms with Gasteiger partial charge in [-0.05, 0) is 52.4 Å². The molecule has 0 aromatic heterocycles. The van der Waals surface area contributed by atoms with E-state index in [1.54, 1.807) is 24.3 Å². The highest BCUT2D eigenvalue weighted by Gasteiger charge is 2.21. The molecule has 0 saturated carbocycles. The Labute approximate surface area is 127 Å². The highest BCUT2D eigenvalue weighted by atomic mass is 127. The van der Waals surface area contributed by atoms with Gasteiger partial charge in [0.25, 0.3) is 0 Å². The summed E-state index contributed by atoms with van der Waals surface area (Å²) >= 11 is 2.08. The molecule has 2 aromatic carbocycles. The predicted octanol–water partition coefficient (Wildman–Crippen LogP) is 3.35. The molecule has 0 aliphatic heterocycles. The van der Waals surface area contributed by atoms with Crippen molar-refractivity contribution in [1.82, 2.24) is 0 Å². The van der Waals surface area contributed by atoms with Crippen molar-refractivity contribution in [1.29, 1.82) is 0 Å². The van der Waals surface area contributed by atoms with E-state index in [2.05, 4.69) is 22.6 Å². The molecule has 0 radical (unpaired) electrons. The Hall–Kier alpha value is -1.54. The maximum atomic E-state index is 13.3. The molecule has 1 unspecified atom stereocenters. The molecular formula is C14H9F2IO3. The fourth-order valence-electron chi connectivity index (χ4n) is 1.80. The molecule has 104 valence electrons. The molecule has 0 aliphatic carbocycles. The first-order chi connectivity index (χ1) is 9.40. The molecule has 0 fully saturated rings. The Balaban J connectivity index is 2.53. The third-order valence-electron chi connectivity index (χ3n) is 2.80. The van der Waals surface area contributed by atoms with Crippen LogP contribution in [0.2, 0.25) is 0 Å². The van der Waals surface area contributed by atoms with Gasteiger partial charge < -0.3 is 10.2 Å². The third kappa shape index (κ3) is 2.96. The van der Waals surface area contributed by atoms with Crippen LogP contribution in [0, 0.1) is 15.2 Å². The molecule has 2 aromatic rings. The quantitative estimate of drug-likeness (QED) is 0.791. The highest BCUT2D eigenvalue weighted by Crippen LogP contribution is 2.27. The van der Waals surface area contributed by atoms with E-state index in [1.165, 1.54) is 0 Å². The van der Waals surface area contributed by atoms with Gasteiger partial charge in [-0.1, -0.05) is 12.1 Å². The maximum Gasteiger partial charge on any atom is 0.336 e. The molecule has 0 heterocycles. The van der Waals surface area contributed by atoms with Crippen LogP contribution in [-0.2, 0) is 0 Å². The van der Waals surface area contributed by atoms with Gasteiger partial charge in [0, 0.05) is 9.13 Å². The van der Waals surface area contributed by atoms with E-state index in [9.17, 15) is 18.7 Å². The van der Waals surface area contributed by atoms with Crippen molar-refractivity contribution < 1.29 is 23.8 Å². The average Bonchev–Trinajstić information content (AvgIpc) is 2.41. The SMILES string of the molecule is O=C(O)c1cc(F)c(F)cc1C(O)c1ccc(I)cc1. The van der Waals surface area contributed by atoms with E-state index in [0.29, 0.717) is 17.7 Å². The van der Waals surface area contributed by atoms with Crippen molar-refractivity contribution in [3.8, 4) is 0 Å². The number of rotatable bonds is 3. The van der Waals surface area contributed by atoms with Gasteiger partial charge in [-0.25, -0.2) is 13.6 Å². The topological polar surface area (TPSA) is 57.5 Å². The monoisotopic (exact) mass is 390 g/mol. The van der Waals surface area contributed by atoms with Crippen LogP contribution in [0.5, 0.6) is 0 Å². The Morgan fingerprint density at radius 1 is 1.10 bits per heavy atom. The molecule has 0 saturated heterocycles. The zero-order valence-electron chi connectivity index (χ0n) is 9.98. The minimum absolute atomic E-state index is 0.183. The van der Waals surface area contributed by atoms with Crippen LogP contribution in [0.1, 0.15) is 27.6 Å². The number of aliphatic hydroxyl groups is 1. The second-order valence-electron chi connectivity index (χ2n) is 4.11. The van der Waals surface area contributed by atoms with Crippen LogP contribution < -0.4 is 0 Å². The van der Waals surface area contributed by atoms with Gasteiger partial charge in [0.1, 0.15) is 6.10 Å². The number of halogens is 3. The van der Waals surface area contributed by atoms with Gasteiger partial charge in [0.2, 0.25) is 0 Å². The lowest BCUT2D eigenvalue weighted by Crippen LogP contribution is -2.10. The number of benzene rings is 2.